The molecule has 5 heteroatoms. The topological polar surface area (TPSA) is 33.1 Å². The summed E-state index contributed by atoms with van der Waals surface area (Å²) in [4.78, 5) is 2.54. The van der Waals surface area contributed by atoms with Crippen LogP contribution in [-0.4, -0.2) is 39.4 Å². The third-order valence-electron chi connectivity index (χ3n) is 4.22. The molecule has 4 nitrogen and oxygen atoms in total. The number of halogens is 1. The predicted molar refractivity (Wildman–Crippen MR) is 88.8 cm³/mol. The van der Waals surface area contributed by atoms with Crippen molar-refractivity contribution in [1.82, 2.24) is 20.0 Å². The maximum absolute atomic E-state index is 6.48. The first-order valence-electron chi connectivity index (χ1n) is 8.01. The van der Waals surface area contributed by atoms with Crippen molar-refractivity contribution in [3.8, 4) is 0 Å². The van der Waals surface area contributed by atoms with Crippen LogP contribution < -0.4 is 5.32 Å². The van der Waals surface area contributed by atoms with E-state index in [9.17, 15) is 0 Å². The Hall–Kier alpha value is -0.580. The molecule has 120 valence electrons. The van der Waals surface area contributed by atoms with E-state index in [1.165, 1.54) is 12.8 Å². The first kappa shape index (κ1) is 16.8. The number of likely N-dealkylation sites (tertiary alicyclic amines) is 1. The lowest BCUT2D eigenvalue weighted by Crippen LogP contribution is -2.45. The van der Waals surface area contributed by atoms with Gasteiger partial charge in [-0.1, -0.05) is 18.5 Å². The van der Waals surface area contributed by atoms with Gasteiger partial charge in [0.2, 0.25) is 0 Å². The molecule has 1 aliphatic heterocycles. The van der Waals surface area contributed by atoms with E-state index >= 15 is 0 Å². The monoisotopic (exact) mass is 312 g/mol. The van der Waals surface area contributed by atoms with Gasteiger partial charge >= 0.3 is 0 Å². The molecule has 1 unspecified atom stereocenters. The Kier molecular flexibility index (Phi) is 5.33. The third-order valence-corrected chi connectivity index (χ3v) is 4.66. The minimum absolute atomic E-state index is 0.174. The van der Waals surface area contributed by atoms with E-state index in [0.717, 1.165) is 42.5 Å². The molecule has 1 fully saturated rings. The lowest BCUT2D eigenvalue weighted by molar-refractivity contribution is 0.221. The highest BCUT2D eigenvalue weighted by Gasteiger charge is 2.27. The molecule has 1 aromatic heterocycles. The van der Waals surface area contributed by atoms with E-state index in [1.807, 2.05) is 11.7 Å². The van der Waals surface area contributed by atoms with E-state index in [1.54, 1.807) is 0 Å². The Labute approximate surface area is 133 Å². The van der Waals surface area contributed by atoms with Crippen molar-refractivity contribution in [3.05, 3.63) is 16.4 Å². The Morgan fingerprint density at radius 3 is 2.67 bits per heavy atom. The van der Waals surface area contributed by atoms with Crippen molar-refractivity contribution < 1.29 is 0 Å². The van der Waals surface area contributed by atoms with Crippen molar-refractivity contribution in [2.75, 3.05) is 13.1 Å². The summed E-state index contributed by atoms with van der Waals surface area (Å²) >= 11 is 6.48. The zero-order chi connectivity index (χ0) is 15.6. The molecular formula is C16H29ClN4. The van der Waals surface area contributed by atoms with Gasteiger partial charge < -0.3 is 5.32 Å². The number of nitrogens with zero attached hydrogens (tertiary/aromatic N) is 3. The lowest BCUT2D eigenvalue weighted by atomic mass is 10.1. The highest BCUT2D eigenvalue weighted by Crippen LogP contribution is 2.26. The fourth-order valence-corrected chi connectivity index (χ4v) is 3.30. The highest BCUT2D eigenvalue weighted by molar-refractivity contribution is 6.31. The first-order valence-corrected chi connectivity index (χ1v) is 8.39. The molecule has 1 saturated heterocycles. The van der Waals surface area contributed by atoms with Crippen LogP contribution in [-0.2, 0) is 20.0 Å². The second-order valence-corrected chi connectivity index (χ2v) is 7.46. The summed E-state index contributed by atoms with van der Waals surface area (Å²) in [6, 6.07) is 0.597. The molecule has 0 radical (unpaired) electrons. The lowest BCUT2D eigenvalue weighted by Gasteiger charge is -2.29. The molecule has 1 aromatic rings. The number of rotatable bonds is 5. The van der Waals surface area contributed by atoms with E-state index in [0.29, 0.717) is 6.04 Å². The van der Waals surface area contributed by atoms with Crippen molar-refractivity contribution in [1.29, 1.82) is 0 Å². The van der Waals surface area contributed by atoms with E-state index in [4.69, 9.17) is 11.6 Å². The van der Waals surface area contributed by atoms with Gasteiger partial charge in [0.05, 0.1) is 16.4 Å². The van der Waals surface area contributed by atoms with Crippen LogP contribution in [0.4, 0.5) is 0 Å². The van der Waals surface area contributed by atoms with Gasteiger partial charge in [0, 0.05) is 31.7 Å². The van der Waals surface area contributed by atoms with Gasteiger partial charge in [-0.25, -0.2) is 0 Å². The minimum atomic E-state index is 0.174. The number of nitrogens with one attached hydrogen (secondary N) is 1. The molecule has 2 rings (SSSR count). The van der Waals surface area contributed by atoms with Crippen LogP contribution >= 0.6 is 11.6 Å². The van der Waals surface area contributed by atoms with E-state index in [-0.39, 0.29) is 5.54 Å². The standard InChI is InChI=1S/C16H29ClN4/c1-6-13-15(17)14(20(5)19-13)11-21-9-7-8-12(21)10-18-16(2,3)4/h12,18H,6-11H2,1-5H3. The fraction of sp³-hybridized carbons (Fsp3) is 0.812. The van der Waals surface area contributed by atoms with Gasteiger partial charge in [-0.2, -0.15) is 5.10 Å². The van der Waals surface area contributed by atoms with Gasteiger partial charge in [-0.3, -0.25) is 9.58 Å². The molecule has 0 saturated carbocycles. The number of hydrogen-bond donors (Lipinski definition) is 1. The molecule has 1 N–H and O–H groups in total. The van der Waals surface area contributed by atoms with Crippen molar-refractivity contribution in [3.63, 3.8) is 0 Å². The molecule has 0 amide bonds. The number of hydrogen-bond acceptors (Lipinski definition) is 3. The summed E-state index contributed by atoms with van der Waals surface area (Å²) in [6.45, 7) is 11.9. The van der Waals surface area contributed by atoms with E-state index in [2.05, 4.69) is 43.0 Å². The van der Waals surface area contributed by atoms with Crippen molar-refractivity contribution in [2.24, 2.45) is 7.05 Å². The van der Waals surface area contributed by atoms with Gasteiger partial charge in [0.15, 0.2) is 0 Å². The van der Waals surface area contributed by atoms with Crippen LogP contribution in [0.2, 0.25) is 5.02 Å². The summed E-state index contributed by atoms with van der Waals surface area (Å²) in [5, 5.41) is 9.01. The number of aryl methyl sites for hydroxylation is 2. The van der Waals surface area contributed by atoms with Gasteiger partial charge in [0.1, 0.15) is 0 Å². The van der Waals surface area contributed by atoms with Crippen LogP contribution in [0.25, 0.3) is 0 Å². The molecule has 1 aliphatic rings. The second kappa shape index (κ2) is 6.67. The molecule has 1 atom stereocenters. The third kappa shape index (κ3) is 4.21. The summed E-state index contributed by atoms with van der Waals surface area (Å²) in [6.07, 6.45) is 3.42. The Morgan fingerprint density at radius 1 is 1.38 bits per heavy atom. The number of aromatic nitrogens is 2. The maximum atomic E-state index is 6.48. The van der Waals surface area contributed by atoms with Crippen LogP contribution in [0, 0.1) is 0 Å². The Balaban J connectivity index is 2.03. The largest absolute Gasteiger partial charge is 0.311 e. The Morgan fingerprint density at radius 2 is 2.10 bits per heavy atom. The maximum Gasteiger partial charge on any atom is 0.0863 e. The molecule has 0 spiro atoms. The molecule has 0 aromatic carbocycles. The summed E-state index contributed by atoms with van der Waals surface area (Å²) in [7, 11) is 2.00. The SMILES string of the molecule is CCc1nn(C)c(CN2CCCC2CNC(C)(C)C)c1Cl. The highest BCUT2D eigenvalue weighted by atomic mass is 35.5. The minimum Gasteiger partial charge on any atom is -0.311 e. The second-order valence-electron chi connectivity index (χ2n) is 7.08. The first-order chi connectivity index (χ1) is 9.81. The zero-order valence-corrected chi connectivity index (χ0v) is 14.8. The quantitative estimate of drug-likeness (QED) is 0.907. The van der Waals surface area contributed by atoms with Crippen LogP contribution in [0.1, 0.15) is 51.9 Å². The Bertz CT molecular complexity index is 475. The van der Waals surface area contributed by atoms with Crippen LogP contribution in [0.3, 0.4) is 0 Å². The van der Waals surface area contributed by atoms with Crippen molar-refractivity contribution >= 4 is 11.6 Å². The molecular weight excluding hydrogens is 284 g/mol. The summed E-state index contributed by atoms with van der Waals surface area (Å²) in [5.74, 6) is 0. The smallest absolute Gasteiger partial charge is 0.0863 e. The van der Waals surface area contributed by atoms with Crippen LogP contribution in [0.5, 0.6) is 0 Å². The fourth-order valence-electron chi connectivity index (χ4n) is 2.94. The molecule has 21 heavy (non-hydrogen) atoms. The average molecular weight is 313 g/mol. The average Bonchev–Trinajstić information content (AvgIpc) is 2.95. The van der Waals surface area contributed by atoms with Crippen molar-refractivity contribution in [2.45, 2.75) is 65.1 Å². The normalized spacial score (nSPS) is 20.4. The van der Waals surface area contributed by atoms with Gasteiger partial charge in [0.25, 0.3) is 0 Å². The van der Waals surface area contributed by atoms with E-state index < -0.39 is 0 Å². The summed E-state index contributed by atoms with van der Waals surface area (Å²) < 4.78 is 1.95. The summed E-state index contributed by atoms with van der Waals surface area (Å²) in [5.41, 5.74) is 2.34. The van der Waals surface area contributed by atoms with Crippen LogP contribution in [0.15, 0.2) is 0 Å². The molecule has 2 heterocycles. The van der Waals surface area contributed by atoms with Gasteiger partial charge in [-0.15, -0.1) is 0 Å². The zero-order valence-electron chi connectivity index (χ0n) is 14.0. The molecule has 0 aliphatic carbocycles. The predicted octanol–water partition coefficient (Wildman–Crippen LogP) is 2.99. The molecule has 0 bridgehead atoms. The van der Waals surface area contributed by atoms with Gasteiger partial charge in [-0.05, 0) is 46.6 Å².